The van der Waals surface area contributed by atoms with Crippen molar-refractivity contribution in [1.82, 2.24) is 5.32 Å². The summed E-state index contributed by atoms with van der Waals surface area (Å²) in [5.74, 6) is 0.522. The molecule has 0 spiro atoms. The van der Waals surface area contributed by atoms with Crippen molar-refractivity contribution < 1.29 is 18.7 Å². The Hall–Kier alpha value is -3.07. The lowest BCUT2D eigenvalue weighted by atomic mass is 10.2. The molecular weight excluding hydrogens is 323 g/mol. The first-order chi connectivity index (χ1) is 12.1. The highest BCUT2D eigenvalue weighted by atomic mass is 19.1. The number of ether oxygens (including phenoxy) is 2. The summed E-state index contributed by atoms with van der Waals surface area (Å²) >= 11 is 0. The predicted octanol–water partition coefficient (Wildman–Crippen LogP) is 3.33. The number of amides is 1. The first-order valence-corrected chi connectivity index (χ1v) is 7.89. The van der Waals surface area contributed by atoms with Crippen LogP contribution in [0.2, 0.25) is 0 Å². The molecule has 0 aromatic heterocycles. The highest BCUT2D eigenvalue weighted by Gasteiger charge is 2.08. The summed E-state index contributed by atoms with van der Waals surface area (Å²) in [5, 5.41) is 11.1. The number of carbonyl (C=O) groups excluding carboxylic acids is 1. The topological polar surface area (TPSA) is 71.3 Å². The molecule has 0 aliphatic rings. The molecule has 2 aromatic rings. The molecule has 2 aromatic carbocycles. The zero-order chi connectivity index (χ0) is 18.1. The van der Waals surface area contributed by atoms with E-state index in [9.17, 15) is 9.18 Å². The van der Waals surface area contributed by atoms with E-state index in [2.05, 4.69) is 5.32 Å². The second kappa shape index (κ2) is 9.28. The van der Waals surface area contributed by atoms with Crippen molar-refractivity contribution in [3.8, 4) is 17.6 Å². The van der Waals surface area contributed by atoms with E-state index < -0.39 is 0 Å². The number of rotatable bonds is 8. The largest absolute Gasteiger partial charge is 0.490 e. The van der Waals surface area contributed by atoms with Crippen molar-refractivity contribution in [2.75, 3.05) is 6.61 Å². The number of hydrogen-bond donors (Lipinski definition) is 1. The SMILES string of the molecule is CCOc1cc(CNC(=O)CC#N)ccc1OCc1ccc(F)cc1. The van der Waals surface area contributed by atoms with Crippen molar-refractivity contribution in [2.45, 2.75) is 26.5 Å². The average molecular weight is 342 g/mol. The molecule has 6 heteroatoms. The Labute approximate surface area is 146 Å². The fourth-order valence-corrected chi connectivity index (χ4v) is 2.13. The number of nitriles is 1. The number of benzene rings is 2. The van der Waals surface area contributed by atoms with E-state index in [0.717, 1.165) is 11.1 Å². The molecule has 0 bridgehead atoms. The van der Waals surface area contributed by atoms with Crippen molar-refractivity contribution in [3.63, 3.8) is 0 Å². The van der Waals surface area contributed by atoms with Crippen LogP contribution in [-0.4, -0.2) is 12.5 Å². The van der Waals surface area contributed by atoms with E-state index in [-0.39, 0.29) is 18.1 Å². The number of hydrogen-bond acceptors (Lipinski definition) is 4. The van der Waals surface area contributed by atoms with Crippen LogP contribution in [0.4, 0.5) is 4.39 Å². The molecule has 0 atom stereocenters. The summed E-state index contributed by atoms with van der Waals surface area (Å²) in [6, 6.07) is 13.3. The van der Waals surface area contributed by atoms with Gasteiger partial charge in [-0.15, -0.1) is 0 Å². The van der Waals surface area contributed by atoms with Gasteiger partial charge in [0, 0.05) is 6.54 Å². The van der Waals surface area contributed by atoms with E-state index >= 15 is 0 Å². The molecule has 0 saturated heterocycles. The Morgan fingerprint density at radius 2 is 1.84 bits per heavy atom. The Bertz CT molecular complexity index is 754. The van der Waals surface area contributed by atoms with E-state index in [1.807, 2.05) is 13.0 Å². The minimum atomic E-state index is -0.322. The fourth-order valence-electron chi connectivity index (χ4n) is 2.13. The van der Waals surface area contributed by atoms with Crippen LogP contribution >= 0.6 is 0 Å². The van der Waals surface area contributed by atoms with Gasteiger partial charge in [-0.25, -0.2) is 4.39 Å². The molecule has 0 aliphatic carbocycles. The maximum atomic E-state index is 12.9. The van der Waals surface area contributed by atoms with Gasteiger partial charge in [0.1, 0.15) is 18.8 Å². The van der Waals surface area contributed by atoms with E-state index in [0.29, 0.717) is 31.3 Å². The summed E-state index contributed by atoms with van der Waals surface area (Å²) in [7, 11) is 0. The molecule has 25 heavy (non-hydrogen) atoms. The average Bonchev–Trinajstić information content (AvgIpc) is 2.61. The zero-order valence-electron chi connectivity index (χ0n) is 13.9. The molecule has 1 N–H and O–H groups in total. The molecule has 0 heterocycles. The molecule has 130 valence electrons. The van der Waals surface area contributed by atoms with Gasteiger partial charge in [-0.2, -0.15) is 5.26 Å². The van der Waals surface area contributed by atoms with Crippen LogP contribution in [0, 0.1) is 17.1 Å². The Balaban J connectivity index is 2.03. The highest BCUT2D eigenvalue weighted by molar-refractivity contribution is 5.77. The summed E-state index contributed by atoms with van der Waals surface area (Å²) in [6.07, 6.45) is -0.169. The van der Waals surface area contributed by atoms with Crippen molar-refractivity contribution >= 4 is 5.91 Å². The number of halogens is 1. The molecular formula is C19H19FN2O3. The van der Waals surface area contributed by atoms with Gasteiger partial charge in [0.25, 0.3) is 0 Å². The maximum Gasteiger partial charge on any atom is 0.234 e. The van der Waals surface area contributed by atoms with Gasteiger partial charge in [0.15, 0.2) is 11.5 Å². The van der Waals surface area contributed by atoms with Gasteiger partial charge in [-0.3, -0.25) is 4.79 Å². The summed E-state index contributed by atoms with van der Waals surface area (Å²) in [6.45, 7) is 2.93. The molecule has 0 saturated carbocycles. The van der Waals surface area contributed by atoms with E-state index in [4.69, 9.17) is 14.7 Å². The van der Waals surface area contributed by atoms with Gasteiger partial charge in [-0.05, 0) is 42.3 Å². The summed E-state index contributed by atoms with van der Waals surface area (Å²) in [5.41, 5.74) is 1.68. The van der Waals surface area contributed by atoms with Gasteiger partial charge in [-0.1, -0.05) is 18.2 Å². The molecule has 0 fully saturated rings. The third-order valence-corrected chi connectivity index (χ3v) is 3.34. The lowest BCUT2D eigenvalue weighted by Crippen LogP contribution is -2.21. The standard InChI is InChI=1S/C19H19FN2O3/c1-2-24-18-11-15(12-22-19(23)9-10-21)5-8-17(18)25-13-14-3-6-16(20)7-4-14/h3-8,11H,2,9,12-13H2,1H3,(H,22,23). The molecule has 0 radical (unpaired) electrons. The van der Waals surface area contributed by atoms with Crippen LogP contribution in [0.15, 0.2) is 42.5 Å². The zero-order valence-corrected chi connectivity index (χ0v) is 13.9. The molecule has 1 amide bonds. The van der Waals surface area contributed by atoms with E-state index in [1.165, 1.54) is 12.1 Å². The van der Waals surface area contributed by atoms with Crippen molar-refractivity contribution in [2.24, 2.45) is 0 Å². The van der Waals surface area contributed by atoms with Crippen molar-refractivity contribution in [3.05, 3.63) is 59.4 Å². The second-order valence-electron chi connectivity index (χ2n) is 5.24. The first kappa shape index (κ1) is 18.3. The number of nitrogens with zero attached hydrogens (tertiary/aromatic N) is 1. The maximum absolute atomic E-state index is 12.9. The third-order valence-electron chi connectivity index (χ3n) is 3.34. The summed E-state index contributed by atoms with van der Waals surface area (Å²) < 4.78 is 24.3. The van der Waals surface area contributed by atoms with Gasteiger partial charge < -0.3 is 14.8 Å². The lowest BCUT2D eigenvalue weighted by molar-refractivity contribution is -0.120. The Morgan fingerprint density at radius 3 is 2.52 bits per heavy atom. The van der Waals surface area contributed by atoms with Gasteiger partial charge in [0.2, 0.25) is 5.91 Å². The third kappa shape index (κ3) is 5.81. The van der Waals surface area contributed by atoms with Gasteiger partial charge >= 0.3 is 0 Å². The first-order valence-electron chi connectivity index (χ1n) is 7.89. The smallest absolute Gasteiger partial charge is 0.234 e. The van der Waals surface area contributed by atoms with E-state index in [1.54, 1.807) is 30.3 Å². The molecule has 5 nitrogen and oxygen atoms in total. The Kier molecular flexibility index (Phi) is 6.78. The van der Waals surface area contributed by atoms with Gasteiger partial charge in [0.05, 0.1) is 12.7 Å². The monoisotopic (exact) mass is 342 g/mol. The quantitative estimate of drug-likeness (QED) is 0.799. The predicted molar refractivity (Wildman–Crippen MR) is 90.4 cm³/mol. The minimum Gasteiger partial charge on any atom is -0.490 e. The van der Waals surface area contributed by atoms with Crippen LogP contribution in [0.25, 0.3) is 0 Å². The normalized spacial score (nSPS) is 9.96. The fraction of sp³-hybridized carbons (Fsp3) is 0.263. The van der Waals surface area contributed by atoms with Crippen LogP contribution in [-0.2, 0) is 17.9 Å². The highest BCUT2D eigenvalue weighted by Crippen LogP contribution is 2.29. The lowest BCUT2D eigenvalue weighted by Gasteiger charge is -2.14. The molecule has 0 aliphatic heterocycles. The van der Waals surface area contributed by atoms with Crippen LogP contribution in [0.5, 0.6) is 11.5 Å². The van der Waals surface area contributed by atoms with Crippen LogP contribution in [0.1, 0.15) is 24.5 Å². The Morgan fingerprint density at radius 1 is 1.12 bits per heavy atom. The number of nitrogens with one attached hydrogen (secondary N) is 1. The molecule has 0 unspecified atom stereocenters. The van der Waals surface area contributed by atoms with Crippen LogP contribution < -0.4 is 14.8 Å². The van der Waals surface area contributed by atoms with Crippen LogP contribution in [0.3, 0.4) is 0 Å². The minimum absolute atomic E-state index is 0.169. The second-order valence-corrected chi connectivity index (χ2v) is 5.24. The number of carbonyl (C=O) groups is 1. The molecule has 2 rings (SSSR count). The summed E-state index contributed by atoms with van der Waals surface area (Å²) in [4.78, 5) is 11.4. The van der Waals surface area contributed by atoms with Crippen molar-refractivity contribution in [1.29, 1.82) is 5.26 Å².